The van der Waals surface area contributed by atoms with E-state index in [1.165, 1.54) is 62.8 Å². The predicted molar refractivity (Wildman–Crippen MR) is 113 cm³/mol. The molecule has 0 unspecified atom stereocenters. The molecule has 0 fully saturated rings. The molecule has 0 aliphatic heterocycles. The van der Waals surface area contributed by atoms with E-state index in [1.54, 1.807) is 12.1 Å². The molecule has 2 rings (SSSR count). The van der Waals surface area contributed by atoms with Crippen molar-refractivity contribution in [3.8, 4) is 23.0 Å². The Morgan fingerprint density at radius 3 is 1.83 bits per heavy atom. The number of ether oxygens (including phenoxy) is 4. The fraction of sp³-hybridized carbons (Fsp3) is 0.174. The van der Waals surface area contributed by atoms with Gasteiger partial charge in [-0.25, -0.2) is 0 Å². The van der Waals surface area contributed by atoms with Crippen molar-refractivity contribution in [3.05, 3.63) is 71.5 Å². The van der Waals surface area contributed by atoms with E-state index >= 15 is 0 Å². The van der Waals surface area contributed by atoms with E-state index in [4.69, 9.17) is 27.2 Å². The van der Waals surface area contributed by atoms with Crippen LogP contribution in [-0.2, 0) is 4.79 Å². The number of rotatable bonds is 9. The lowest BCUT2D eigenvalue weighted by Gasteiger charge is -2.07. The lowest BCUT2D eigenvalue weighted by molar-refractivity contribution is -0.110. The Kier molecular flexibility index (Phi) is 5.25. The van der Waals surface area contributed by atoms with Crippen LogP contribution in [0, 0.1) is 0 Å². The van der Waals surface area contributed by atoms with E-state index in [-0.39, 0.29) is 28.8 Å². The Morgan fingerprint density at radius 2 is 1.34 bits per heavy atom. The first-order valence-corrected chi connectivity index (χ1v) is 8.34. The monoisotopic (exact) mass is 402 g/mol. The Morgan fingerprint density at radius 1 is 0.828 bits per heavy atom. The van der Waals surface area contributed by atoms with Crippen molar-refractivity contribution >= 4 is 17.9 Å². The largest absolute Gasteiger partial charge is 0.508 e. The molecule has 29 heavy (non-hydrogen) atoms. The Bertz CT molecular complexity index is 1130. The van der Waals surface area contributed by atoms with E-state index in [2.05, 4.69) is 0 Å². The topological polar surface area (TPSA) is 74.2 Å². The molecule has 0 aliphatic carbocycles. The number of aliphatic hydroxyl groups is 1. The average molecular weight is 402 g/mol. The number of carbonyl (C=O) groups is 1. The fourth-order valence-electron chi connectivity index (χ4n) is 2.35. The van der Waals surface area contributed by atoms with Gasteiger partial charge in [0.15, 0.2) is 28.8 Å². The number of carbonyl (C=O) groups excluding carboxylic acids is 1. The first-order chi connectivity index (χ1) is 16.3. The summed E-state index contributed by atoms with van der Waals surface area (Å²) in [5, 5.41) is 10.0. The van der Waals surface area contributed by atoms with Gasteiger partial charge < -0.3 is 24.1 Å². The minimum Gasteiger partial charge on any atom is -0.508 e. The number of aliphatic hydroxyl groups excluding tert-OH is 1. The van der Waals surface area contributed by atoms with Crippen LogP contribution in [0.1, 0.15) is 19.4 Å². The van der Waals surface area contributed by atoms with Gasteiger partial charge in [0, 0.05) is 6.08 Å². The normalized spacial score (nSPS) is 15.6. The molecule has 0 heterocycles. The fourth-order valence-corrected chi connectivity index (χ4v) is 2.35. The third-order valence-electron chi connectivity index (χ3n) is 3.77. The Balaban J connectivity index is 2.09. The van der Waals surface area contributed by atoms with Crippen LogP contribution < -0.4 is 18.9 Å². The predicted octanol–water partition coefficient (Wildman–Crippen LogP) is 4.46. The van der Waals surface area contributed by atoms with Crippen LogP contribution in [0.3, 0.4) is 0 Å². The summed E-state index contributed by atoms with van der Waals surface area (Å²) in [5.41, 5.74) is 1.11. The molecule has 2 aromatic rings. The molecular formula is C23H24O6. The number of benzene rings is 2. The van der Waals surface area contributed by atoms with Crippen LogP contribution in [0.5, 0.6) is 23.0 Å². The van der Waals surface area contributed by atoms with Crippen molar-refractivity contribution in [2.24, 2.45) is 0 Å². The molecule has 2 aromatic carbocycles. The van der Waals surface area contributed by atoms with E-state index in [0.717, 1.165) is 6.08 Å². The highest BCUT2D eigenvalue weighted by Gasteiger charge is 2.04. The summed E-state index contributed by atoms with van der Waals surface area (Å²) in [7, 11) is -2.54. The van der Waals surface area contributed by atoms with Crippen LogP contribution in [0.15, 0.2) is 60.4 Å². The third-order valence-corrected chi connectivity index (χ3v) is 3.77. The molecule has 0 amide bonds. The van der Waals surface area contributed by atoms with Crippen LogP contribution in [0.25, 0.3) is 12.2 Å². The van der Waals surface area contributed by atoms with Gasteiger partial charge in [0.05, 0.1) is 36.5 Å². The van der Waals surface area contributed by atoms with Gasteiger partial charge >= 0.3 is 0 Å². The van der Waals surface area contributed by atoms with Gasteiger partial charge in [-0.1, -0.05) is 24.3 Å². The van der Waals surface area contributed by atoms with E-state index in [9.17, 15) is 9.90 Å². The first-order valence-electron chi connectivity index (χ1n) is 11.3. The molecular weight excluding hydrogens is 372 g/mol. The summed E-state index contributed by atoms with van der Waals surface area (Å²) in [6, 6.07) is 8.95. The van der Waals surface area contributed by atoms with Crippen LogP contribution in [0.4, 0.5) is 0 Å². The highest BCUT2D eigenvalue weighted by molar-refractivity contribution is 6.02. The number of ketones is 1. The quantitative estimate of drug-likeness (QED) is 0.379. The van der Waals surface area contributed by atoms with E-state index < -0.39 is 19.9 Å². The lowest BCUT2D eigenvalue weighted by Crippen LogP contribution is -1.91. The second kappa shape index (κ2) is 10.6. The van der Waals surface area contributed by atoms with Crippen molar-refractivity contribution in [1.82, 2.24) is 0 Å². The van der Waals surface area contributed by atoms with Crippen molar-refractivity contribution < 1.29 is 37.1 Å². The molecule has 0 aliphatic rings. The molecule has 0 bridgehead atoms. The summed E-state index contributed by atoms with van der Waals surface area (Å²) in [5.74, 6) is -0.375. The minimum atomic E-state index is -2.63. The van der Waals surface area contributed by atoms with Crippen molar-refractivity contribution in [2.75, 3.05) is 28.3 Å². The molecule has 152 valence electrons. The summed E-state index contributed by atoms with van der Waals surface area (Å²) in [4.78, 5) is 12.1. The molecule has 0 radical (unpaired) electrons. The highest BCUT2D eigenvalue weighted by Crippen LogP contribution is 2.29. The van der Waals surface area contributed by atoms with E-state index in [1.807, 2.05) is 0 Å². The zero-order valence-corrected chi connectivity index (χ0v) is 15.8. The van der Waals surface area contributed by atoms with Gasteiger partial charge in [0.2, 0.25) is 0 Å². The zero-order valence-electron chi connectivity index (χ0n) is 21.8. The third kappa shape index (κ3) is 6.17. The molecule has 0 saturated carbocycles. The van der Waals surface area contributed by atoms with Crippen LogP contribution in [0.2, 0.25) is 0 Å². The Hall–Kier alpha value is -3.67. The highest BCUT2D eigenvalue weighted by atomic mass is 16.5. The lowest BCUT2D eigenvalue weighted by atomic mass is 10.1. The maximum absolute atomic E-state index is 12.1. The summed E-state index contributed by atoms with van der Waals surface area (Å²) in [6.07, 6.45) is 6.46. The molecule has 1 N–H and O–H groups in total. The van der Waals surface area contributed by atoms with Gasteiger partial charge in [-0.3, -0.25) is 4.79 Å². The second-order valence-corrected chi connectivity index (χ2v) is 5.66. The standard InChI is InChI=1S/C23H24O6/c1-26-20-11-7-16(13-22(20)28-3)5-9-18(24)15-19(25)10-6-17-8-12-21(27-2)23(14-17)29-4/h5-15,24H,1-4H3/b9-5+,10-6+,18-15-/i1D3,2D3. The molecule has 0 spiro atoms. The molecule has 0 aromatic heterocycles. The smallest absolute Gasteiger partial charge is 0.182 e. The summed E-state index contributed by atoms with van der Waals surface area (Å²) >= 11 is 0. The Labute approximate surface area is 178 Å². The second-order valence-electron chi connectivity index (χ2n) is 5.66. The van der Waals surface area contributed by atoms with Crippen molar-refractivity contribution in [3.63, 3.8) is 0 Å². The zero-order chi connectivity index (χ0) is 26.2. The van der Waals surface area contributed by atoms with E-state index in [0.29, 0.717) is 11.1 Å². The number of methoxy groups -OCH3 is 4. The van der Waals surface area contributed by atoms with Gasteiger partial charge in [-0.05, 0) is 47.5 Å². The van der Waals surface area contributed by atoms with Gasteiger partial charge in [-0.2, -0.15) is 0 Å². The molecule has 0 saturated heterocycles. The maximum Gasteiger partial charge on any atom is 0.182 e. The van der Waals surface area contributed by atoms with Crippen LogP contribution >= 0.6 is 0 Å². The number of allylic oxidation sites excluding steroid dienone is 3. The molecule has 6 nitrogen and oxygen atoms in total. The van der Waals surface area contributed by atoms with Crippen molar-refractivity contribution in [1.29, 1.82) is 0 Å². The molecule has 6 heteroatoms. The maximum atomic E-state index is 12.1. The summed E-state index contributed by atoms with van der Waals surface area (Å²) < 4.78 is 63.0. The number of hydrogen-bond donors (Lipinski definition) is 1. The van der Waals surface area contributed by atoms with Gasteiger partial charge in [0.25, 0.3) is 0 Å². The SMILES string of the molecule is [2H]C([2H])([2H])Oc1ccc(/C=C/C(=O)/C=C(O)/C=C/c2ccc(OC([2H])([2H])[2H])c(OC)c2)cc1OC. The van der Waals surface area contributed by atoms with Gasteiger partial charge in [-0.15, -0.1) is 0 Å². The number of hydrogen-bond acceptors (Lipinski definition) is 6. The first kappa shape index (κ1) is 14.3. The average Bonchev–Trinajstić information content (AvgIpc) is 2.75. The van der Waals surface area contributed by atoms with Crippen LogP contribution in [-0.4, -0.2) is 39.2 Å². The van der Waals surface area contributed by atoms with Crippen molar-refractivity contribution in [2.45, 2.75) is 0 Å². The molecule has 0 atom stereocenters. The summed E-state index contributed by atoms with van der Waals surface area (Å²) in [6.45, 7) is 0. The van der Waals surface area contributed by atoms with Gasteiger partial charge in [0.1, 0.15) is 5.76 Å². The minimum absolute atomic E-state index is 0.0354.